The van der Waals surface area contributed by atoms with Crippen molar-refractivity contribution in [2.45, 2.75) is 32.6 Å². The lowest BCUT2D eigenvalue weighted by Crippen LogP contribution is -2.29. The van der Waals surface area contributed by atoms with E-state index in [4.69, 9.17) is 0 Å². The Hall–Kier alpha value is 0.220. The first kappa shape index (κ1) is 17.2. The normalized spacial score (nSPS) is 11.9. The minimum absolute atomic E-state index is 0.227. The molecule has 0 fully saturated rings. The summed E-state index contributed by atoms with van der Waals surface area (Å²) in [6, 6.07) is 0. The fraction of sp³-hybridized carbons (Fsp3) is 1.00. The molecule has 0 atom stereocenters. The Kier molecular flexibility index (Phi) is 11.5. The van der Waals surface area contributed by atoms with Gasteiger partial charge in [0, 0.05) is 6.54 Å². The summed E-state index contributed by atoms with van der Waals surface area (Å²) >= 11 is 1.84. The second-order valence-corrected chi connectivity index (χ2v) is 6.89. The monoisotopic (exact) mass is 282 g/mol. The summed E-state index contributed by atoms with van der Waals surface area (Å²) in [6.07, 6.45) is 5.97. The molecule has 0 bridgehead atoms. The zero-order valence-corrected chi connectivity index (χ0v) is 12.6. The van der Waals surface area contributed by atoms with E-state index in [1.807, 2.05) is 18.7 Å². The smallest absolute Gasteiger partial charge is 0.211 e. The lowest BCUT2D eigenvalue weighted by Gasteiger charge is -2.06. The summed E-state index contributed by atoms with van der Waals surface area (Å²) in [6.45, 7) is 4.26. The van der Waals surface area contributed by atoms with Crippen molar-refractivity contribution in [1.82, 2.24) is 10.0 Å². The van der Waals surface area contributed by atoms with Crippen LogP contribution in [0.5, 0.6) is 0 Å². The molecule has 2 N–H and O–H groups in total. The van der Waals surface area contributed by atoms with Gasteiger partial charge in [0.15, 0.2) is 0 Å². The van der Waals surface area contributed by atoms with Gasteiger partial charge in [0.1, 0.15) is 0 Å². The van der Waals surface area contributed by atoms with Crippen molar-refractivity contribution < 1.29 is 8.42 Å². The number of rotatable bonds is 12. The Labute approximate surface area is 110 Å². The molecule has 0 aromatic carbocycles. The molecule has 0 saturated carbocycles. The second kappa shape index (κ2) is 11.3. The zero-order valence-electron chi connectivity index (χ0n) is 11.0. The largest absolute Gasteiger partial charge is 0.317 e. The quantitative estimate of drug-likeness (QED) is 0.532. The number of unbranched alkanes of at least 4 members (excludes halogenated alkanes) is 2. The van der Waals surface area contributed by atoms with Crippen molar-refractivity contribution >= 4 is 21.8 Å². The minimum Gasteiger partial charge on any atom is -0.317 e. The number of thioether (sulfide) groups is 1. The topological polar surface area (TPSA) is 58.2 Å². The fourth-order valence-corrected chi connectivity index (χ4v) is 3.03. The molecule has 0 rings (SSSR count). The first-order valence-electron chi connectivity index (χ1n) is 6.29. The minimum atomic E-state index is -3.05. The molecule has 0 aliphatic heterocycles. The summed E-state index contributed by atoms with van der Waals surface area (Å²) < 4.78 is 25.7. The number of hydrogen-bond acceptors (Lipinski definition) is 4. The molecule has 0 heterocycles. The lowest BCUT2D eigenvalue weighted by atomic mass is 10.2. The molecule has 0 spiro atoms. The number of sulfonamides is 1. The van der Waals surface area contributed by atoms with E-state index in [0.29, 0.717) is 13.0 Å². The highest BCUT2D eigenvalue weighted by Gasteiger charge is 2.08. The Morgan fingerprint density at radius 2 is 1.82 bits per heavy atom. The maximum absolute atomic E-state index is 11.5. The molecular weight excluding hydrogens is 256 g/mol. The Bertz CT molecular complexity index is 256. The third-order valence-electron chi connectivity index (χ3n) is 2.36. The predicted molar refractivity (Wildman–Crippen MR) is 77.2 cm³/mol. The van der Waals surface area contributed by atoms with Crippen LogP contribution in [-0.4, -0.2) is 45.8 Å². The van der Waals surface area contributed by atoms with Crippen LogP contribution < -0.4 is 10.0 Å². The molecule has 17 heavy (non-hydrogen) atoms. The maximum Gasteiger partial charge on any atom is 0.211 e. The van der Waals surface area contributed by atoms with E-state index in [9.17, 15) is 8.42 Å². The van der Waals surface area contributed by atoms with Gasteiger partial charge >= 0.3 is 0 Å². The van der Waals surface area contributed by atoms with Crippen LogP contribution in [0, 0.1) is 0 Å². The molecule has 0 amide bonds. The van der Waals surface area contributed by atoms with Crippen LogP contribution in [-0.2, 0) is 10.0 Å². The SMILES string of the molecule is CCNCCCS(=O)(=O)NCCCCCSC. The molecule has 0 aliphatic rings. The Balaban J connectivity index is 3.44. The molecule has 0 saturated heterocycles. The molecule has 4 nitrogen and oxygen atoms in total. The number of hydrogen-bond donors (Lipinski definition) is 2. The van der Waals surface area contributed by atoms with Gasteiger partial charge in [-0.25, -0.2) is 13.1 Å². The highest BCUT2D eigenvalue weighted by molar-refractivity contribution is 7.98. The van der Waals surface area contributed by atoms with Crippen LogP contribution in [0.3, 0.4) is 0 Å². The van der Waals surface area contributed by atoms with Gasteiger partial charge in [-0.2, -0.15) is 11.8 Å². The molecule has 0 aromatic rings. The van der Waals surface area contributed by atoms with E-state index in [0.717, 1.165) is 31.7 Å². The highest BCUT2D eigenvalue weighted by Crippen LogP contribution is 2.01. The molecule has 0 aromatic heterocycles. The van der Waals surface area contributed by atoms with Crippen LogP contribution >= 0.6 is 11.8 Å². The van der Waals surface area contributed by atoms with Gasteiger partial charge in [-0.3, -0.25) is 0 Å². The summed E-state index contributed by atoms with van der Waals surface area (Å²) in [5.41, 5.74) is 0. The van der Waals surface area contributed by atoms with Crippen LogP contribution in [0.4, 0.5) is 0 Å². The van der Waals surface area contributed by atoms with Crippen LogP contribution in [0.2, 0.25) is 0 Å². The average molecular weight is 282 g/mol. The first-order valence-corrected chi connectivity index (χ1v) is 9.34. The average Bonchev–Trinajstić information content (AvgIpc) is 2.29. The van der Waals surface area contributed by atoms with Crippen LogP contribution in [0.25, 0.3) is 0 Å². The van der Waals surface area contributed by atoms with Gasteiger partial charge in [0.05, 0.1) is 5.75 Å². The van der Waals surface area contributed by atoms with Crippen molar-refractivity contribution in [2.75, 3.05) is 37.4 Å². The van der Waals surface area contributed by atoms with E-state index in [1.54, 1.807) is 0 Å². The summed E-state index contributed by atoms with van der Waals surface area (Å²) in [5.74, 6) is 1.39. The van der Waals surface area contributed by atoms with Gasteiger partial charge in [-0.1, -0.05) is 13.3 Å². The fourth-order valence-electron chi connectivity index (χ4n) is 1.41. The van der Waals surface area contributed by atoms with Crippen LogP contribution in [0.1, 0.15) is 32.6 Å². The highest BCUT2D eigenvalue weighted by atomic mass is 32.2. The Morgan fingerprint density at radius 3 is 2.47 bits per heavy atom. The van der Waals surface area contributed by atoms with Gasteiger partial charge < -0.3 is 5.32 Å². The molecule has 104 valence electrons. The van der Waals surface area contributed by atoms with E-state index >= 15 is 0 Å². The summed E-state index contributed by atoms with van der Waals surface area (Å²) in [5, 5.41) is 3.12. The maximum atomic E-state index is 11.5. The van der Waals surface area contributed by atoms with Gasteiger partial charge in [0.2, 0.25) is 10.0 Å². The number of nitrogens with one attached hydrogen (secondary N) is 2. The molecule has 0 radical (unpaired) electrons. The zero-order chi connectivity index (χ0) is 13.0. The molecule has 0 unspecified atom stereocenters. The molecule has 6 heteroatoms. The van der Waals surface area contributed by atoms with Gasteiger partial charge in [-0.05, 0) is 44.4 Å². The first-order chi connectivity index (χ1) is 8.12. The Morgan fingerprint density at radius 1 is 1.06 bits per heavy atom. The second-order valence-electron chi connectivity index (χ2n) is 3.97. The van der Waals surface area contributed by atoms with E-state index in [1.165, 1.54) is 6.42 Å². The van der Waals surface area contributed by atoms with E-state index in [-0.39, 0.29) is 5.75 Å². The third-order valence-corrected chi connectivity index (χ3v) is 4.53. The predicted octanol–water partition coefficient (Wildman–Crippen LogP) is 1.44. The summed E-state index contributed by atoms with van der Waals surface area (Å²) in [4.78, 5) is 0. The summed E-state index contributed by atoms with van der Waals surface area (Å²) in [7, 11) is -3.05. The van der Waals surface area contributed by atoms with E-state index < -0.39 is 10.0 Å². The van der Waals surface area contributed by atoms with Gasteiger partial charge in [0.25, 0.3) is 0 Å². The lowest BCUT2D eigenvalue weighted by molar-refractivity contribution is 0.571. The van der Waals surface area contributed by atoms with Crippen LogP contribution in [0.15, 0.2) is 0 Å². The van der Waals surface area contributed by atoms with Crippen molar-refractivity contribution in [3.05, 3.63) is 0 Å². The molecule has 0 aliphatic carbocycles. The van der Waals surface area contributed by atoms with Crippen molar-refractivity contribution in [3.8, 4) is 0 Å². The third kappa shape index (κ3) is 12.5. The van der Waals surface area contributed by atoms with Crippen molar-refractivity contribution in [2.24, 2.45) is 0 Å². The van der Waals surface area contributed by atoms with Gasteiger partial charge in [-0.15, -0.1) is 0 Å². The van der Waals surface area contributed by atoms with Crippen molar-refractivity contribution in [1.29, 1.82) is 0 Å². The van der Waals surface area contributed by atoms with E-state index in [2.05, 4.69) is 16.3 Å². The van der Waals surface area contributed by atoms with Crippen molar-refractivity contribution in [3.63, 3.8) is 0 Å². The standard InChI is InChI=1S/C11H26N2O2S2/c1-3-12-8-7-11-17(14,15)13-9-5-4-6-10-16-2/h12-13H,3-11H2,1-2H3. The molecular formula is C11H26N2O2S2.